The number of fused-ring (bicyclic) bond motifs is 1. The molecule has 22 heavy (non-hydrogen) atoms. The lowest BCUT2D eigenvalue weighted by atomic mass is 9.93. The van der Waals surface area contributed by atoms with Crippen LogP contribution in [-0.2, 0) is 6.42 Å². The zero-order chi connectivity index (χ0) is 15.5. The number of rotatable bonds is 4. The third-order valence-electron chi connectivity index (χ3n) is 4.49. The van der Waals surface area contributed by atoms with Crippen molar-refractivity contribution in [3.05, 3.63) is 40.3 Å². The Labute approximate surface area is 130 Å². The third-order valence-corrected chi connectivity index (χ3v) is 4.49. The topological polar surface area (TPSA) is 68.1 Å². The first-order valence-electron chi connectivity index (χ1n) is 8.24. The third kappa shape index (κ3) is 3.17. The minimum absolute atomic E-state index is 0.0370. The molecule has 0 spiro atoms. The molecule has 1 fully saturated rings. The molecular formula is C18H24N2O2. The van der Waals surface area contributed by atoms with Crippen molar-refractivity contribution in [2.24, 2.45) is 5.73 Å². The van der Waals surface area contributed by atoms with Gasteiger partial charge in [0.05, 0.1) is 6.10 Å². The molecule has 1 heterocycles. The molecule has 4 heteroatoms. The summed E-state index contributed by atoms with van der Waals surface area (Å²) in [6.45, 7) is 2.14. The van der Waals surface area contributed by atoms with Gasteiger partial charge in [0, 0.05) is 17.6 Å². The van der Waals surface area contributed by atoms with E-state index in [4.69, 9.17) is 10.5 Å². The molecular weight excluding hydrogens is 276 g/mol. The van der Waals surface area contributed by atoms with Crippen LogP contribution >= 0.6 is 0 Å². The predicted molar refractivity (Wildman–Crippen MR) is 89.4 cm³/mol. The van der Waals surface area contributed by atoms with Crippen molar-refractivity contribution in [1.29, 1.82) is 0 Å². The first kappa shape index (κ1) is 15.1. The van der Waals surface area contributed by atoms with Gasteiger partial charge in [0.15, 0.2) is 0 Å². The number of pyridine rings is 1. The Hall–Kier alpha value is -1.81. The number of aromatic amines is 1. The van der Waals surface area contributed by atoms with E-state index in [1.54, 1.807) is 6.20 Å². The van der Waals surface area contributed by atoms with Gasteiger partial charge in [-0.05, 0) is 61.3 Å². The van der Waals surface area contributed by atoms with E-state index in [0.717, 1.165) is 60.6 Å². The fraction of sp³-hybridized carbons (Fsp3) is 0.500. The summed E-state index contributed by atoms with van der Waals surface area (Å²) in [5.74, 6) is 0.931. The maximum Gasteiger partial charge on any atom is 0.255 e. The number of hydrogen-bond donors (Lipinski definition) is 2. The van der Waals surface area contributed by atoms with Crippen LogP contribution in [0.25, 0.3) is 10.8 Å². The van der Waals surface area contributed by atoms with Gasteiger partial charge in [-0.15, -0.1) is 0 Å². The zero-order valence-electron chi connectivity index (χ0n) is 13.1. The van der Waals surface area contributed by atoms with Crippen LogP contribution in [0.15, 0.2) is 29.2 Å². The zero-order valence-corrected chi connectivity index (χ0v) is 13.1. The van der Waals surface area contributed by atoms with Gasteiger partial charge in [0.2, 0.25) is 0 Å². The molecule has 1 aromatic carbocycles. The maximum absolute atomic E-state index is 12.0. The van der Waals surface area contributed by atoms with Crippen molar-refractivity contribution in [2.45, 2.75) is 57.6 Å². The molecule has 0 aliphatic heterocycles. The molecule has 1 aromatic heterocycles. The molecule has 0 amide bonds. The second-order valence-corrected chi connectivity index (χ2v) is 6.26. The lowest BCUT2D eigenvalue weighted by molar-refractivity contribution is 0.146. The Bertz CT molecular complexity index is 700. The Kier molecular flexibility index (Phi) is 4.48. The number of nitrogens with one attached hydrogen (secondary N) is 1. The van der Waals surface area contributed by atoms with Crippen LogP contribution in [0.4, 0.5) is 0 Å². The van der Waals surface area contributed by atoms with Gasteiger partial charge >= 0.3 is 0 Å². The van der Waals surface area contributed by atoms with Crippen LogP contribution < -0.4 is 16.0 Å². The van der Waals surface area contributed by atoms with Crippen molar-refractivity contribution in [1.82, 2.24) is 4.98 Å². The summed E-state index contributed by atoms with van der Waals surface area (Å²) < 4.78 is 6.27. The maximum atomic E-state index is 12.0. The number of H-pyrrole nitrogens is 1. The van der Waals surface area contributed by atoms with E-state index in [2.05, 4.69) is 11.9 Å². The molecule has 0 saturated heterocycles. The SMILES string of the molecule is CCCc1cc2c(=O)[nH]ccc2cc1O[C@H]1CC[C@@H](N)CC1. The standard InChI is InChI=1S/C18H24N2O2/c1-2-3-13-10-16-12(8-9-20-18(16)21)11-17(13)22-15-6-4-14(19)5-7-15/h8-11,14-15H,2-7,19H2,1H3,(H,20,21)/t14-,15+. The highest BCUT2D eigenvalue weighted by atomic mass is 16.5. The minimum Gasteiger partial charge on any atom is -0.490 e. The predicted octanol–water partition coefficient (Wildman–Crippen LogP) is 3.13. The summed E-state index contributed by atoms with van der Waals surface area (Å²) >= 11 is 0. The smallest absolute Gasteiger partial charge is 0.255 e. The molecule has 3 N–H and O–H groups in total. The molecule has 0 bridgehead atoms. The van der Waals surface area contributed by atoms with Crippen molar-refractivity contribution in [3.63, 3.8) is 0 Å². The molecule has 2 aromatic rings. The fourth-order valence-electron chi connectivity index (χ4n) is 3.22. The molecule has 0 radical (unpaired) electrons. The first-order chi connectivity index (χ1) is 10.7. The lowest BCUT2D eigenvalue weighted by Gasteiger charge is -2.27. The van der Waals surface area contributed by atoms with E-state index >= 15 is 0 Å². The van der Waals surface area contributed by atoms with Gasteiger partial charge in [0.1, 0.15) is 5.75 Å². The average Bonchev–Trinajstić information content (AvgIpc) is 2.51. The highest BCUT2D eigenvalue weighted by molar-refractivity contribution is 5.84. The first-order valence-corrected chi connectivity index (χ1v) is 8.24. The Balaban J connectivity index is 1.93. The molecule has 4 nitrogen and oxygen atoms in total. The number of aromatic nitrogens is 1. The number of aryl methyl sites for hydroxylation is 1. The number of hydrogen-bond acceptors (Lipinski definition) is 3. The summed E-state index contributed by atoms with van der Waals surface area (Å²) in [6, 6.07) is 6.26. The van der Waals surface area contributed by atoms with Gasteiger partial charge in [-0.2, -0.15) is 0 Å². The molecule has 1 aliphatic carbocycles. The van der Waals surface area contributed by atoms with E-state index in [9.17, 15) is 4.79 Å². The summed E-state index contributed by atoms with van der Waals surface area (Å²) in [7, 11) is 0. The van der Waals surface area contributed by atoms with E-state index in [-0.39, 0.29) is 11.7 Å². The van der Waals surface area contributed by atoms with Crippen LogP contribution in [0.2, 0.25) is 0 Å². The van der Waals surface area contributed by atoms with Crippen LogP contribution in [0.5, 0.6) is 5.75 Å². The van der Waals surface area contributed by atoms with Gasteiger partial charge in [-0.3, -0.25) is 4.79 Å². The molecule has 118 valence electrons. The van der Waals surface area contributed by atoms with Gasteiger partial charge in [-0.1, -0.05) is 13.3 Å². The van der Waals surface area contributed by atoms with E-state index in [1.165, 1.54) is 0 Å². The summed E-state index contributed by atoms with van der Waals surface area (Å²) in [4.78, 5) is 14.7. The number of nitrogens with two attached hydrogens (primary N) is 1. The minimum atomic E-state index is -0.0370. The highest BCUT2D eigenvalue weighted by Crippen LogP contribution is 2.29. The van der Waals surface area contributed by atoms with E-state index < -0.39 is 0 Å². The largest absolute Gasteiger partial charge is 0.490 e. The van der Waals surface area contributed by atoms with Crippen molar-refractivity contribution >= 4 is 10.8 Å². The normalized spacial score (nSPS) is 21.9. The number of benzene rings is 1. The Morgan fingerprint density at radius 3 is 2.77 bits per heavy atom. The van der Waals surface area contributed by atoms with Crippen LogP contribution in [0.1, 0.15) is 44.6 Å². The Morgan fingerprint density at radius 1 is 1.27 bits per heavy atom. The lowest BCUT2D eigenvalue weighted by Crippen LogP contribution is -2.31. The summed E-state index contributed by atoms with van der Waals surface area (Å²) in [5, 5.41) is 1.68. The van der Waals surface area contributed by atoms with Crippen LogP contribution in [0.3, 0.4) is 0 Å². The van der Waals surface area contributed by atoms with Gasteiger partial charge < -0.3 is 15.5 Å². The summed E-state index contributed by atoms with van der Waals surface area (Å²) in [6.07, 6.45) is 7.97. The van der Waals surface area contributed by atoms with Gasteiger partial charge in [0.25, 0.3) is 5.56 Å². The Morgan fingerprint density at radius 2 is 2.05 bits per heavy atom. The van der Waals surface area contributed by atoms with Crippen LogP contribution in [-0.4, -0.2) is 17.1 Å². The molecule has 0 unspecified atom stereocenters. The molecule has 0 atom stereocenters. The molecule has 1 aliphatic rings. The second-order valence-electron chi connectivity index (χ2n) is 6.26. The second kappa shape index (κ2) is 6.53. The monoisotopic (exact) mass is 300 g/mol. The van der Waals surface area contributed by atoms with E-state index in [0.29, 0.717) is 6.04 Å². The highest BCUT2D eigenvalue weighted by Gasteiger charge is 2.21. The van der Waals surface area contributed by atoms with E-state index in [1.807, 2.05) is 18.2 Å². The quantitative estimate of drug-likeness (QED) is 0.911. The molecule has 1 saturated carbocycles. The fourth-order valence-corrected chi connectivity index (χ4v) is 3.22. The molecule has 3 rings (SSSR count). The van der Waals surface area contributed by atoms with Crippen molar-refractivity contribution in [2.75, 3.05) is 0 Å². The van der Waals surface area contributed by atoms with Crippen molar-refractivity contribution in [3.8, 4) is 5.75 Å². The average molecular weight is 300 g/mol. The van der Waals surface area contributed by atoms with Crippen molar-refractivity contribution < 1.29 is 4.74 Å². The summed E-state index contributed by atoms with van der Waals surface area (Å²) in [5.41, 5.74) is 7.05. The van der Waals surface area contributed by atoms with Crippen LogP contribution in [0, 0.1) is 0 Å². The van der Waals surface area contributed by atoms with Gasteiger partial charge in [-0.25, -0.2) is 0 Å². The number of ether oxygens (including phenoxy) is 1.